The number of halogens is 4. The molecule has 0 aliphatic carbocycles. The molecule has 2 atom stereocenters. The minimum absolute atomic E-state index is 0.0494. The molecule has 8 N–H and O–H groups in total. The number of aromatic hydroxyl groups is 3. The number of amides is 7. The summed E-state index contributed by atoms with van der Waals surface area (Å²) in [4.78, 5) is 68.8. The summed E-state index contributed by atoms with van der Waals surface area (Å²) in [7, 11) is -1.95. The van der Waals surface area contributed by atoms with Crippen LogP contribution in [0.15, 0.2) is 36.4 Å². The maximum absolute atomic E-state index is 14.7. The first kappa shape index (κ1) is 38.6. The third kappa shape index (κ3) is 7.65. The van der Waals surface area contributed by atoms with Crippen LogP contribution >= 0.6 is 11.6 Å². The Morgan fingerprint density at radius 1 is 0.909 bits per heavy atom. The number of benzene rings is 3. The molecular formula is C33H31BClF3N6O11. The van der Waals surface area contributed by atoms with Crippen LogP contribution in [0.25, 0.3) is 0 Å². The lowest BCUT2D eigenvalue weighted by Gasteiger charge is -2.36. The second kappa shape index (κ2) is 15.3. The largest absolute Gasteiger partial charge is 0.547 e. The van der Waals surface area contributed by atoms with Gasteiger partial charge in [-0.2, -0.15) is 0 Å². The molecule has 0 bridgehead atoms. The normalized spacial score (nSPS) is 17.7. The van der Waals surface area contributed by atoms with E-state index in [1.807, 2.05) is 0 Å². The summed E-state index contributed by atoms with van der Waals surface area (Å²) < 4.78 is 48.2. The van der Waals surface area contributed by atoms with E-state index in [0.717, 1.165) is 29.2 Å². The number of piperidine rings is 1. The number of urea groups is 3. The average Bonchev–Trinajstić information content (AvgIpc) is 3.54. The number of carbonyl (C=O) groups excluding carboxylic acids is 4. The molecule has 2 saturated heterocycles. The van der Waals surface area contributed by atoms with Crippen molar-refractivity contribution >= 4 is 54.4 Å². The van der Waals surface area contributed by atoms with E-state index in [9.17, 15) is 62.6 Å². The van der Waals surface area contributed by atoms with Gasteiger partial charge in [0.05, 0.1) is 16.7 Å². The van der Waals surface area contributed by atoms with Gasteiger partial charge in [0.2, 0.25) is 5.91 Å². The Morgan fingerprint density at radius 2 is 1.60 bits per heavy atom. The minimum Gasteiger partial charge on any atom is -0.534 e. The number of hydrogen-bond acceptors (Lipinski definition) is 10. The molecule has 2 fully saturated rings. The van der Waals surface area contributed by atoms with Crippen molar-refractivity contribution in [1.29, 1.82) is 0 Å². The van der Waals surface area contributed by atoms with Gasteiger partial charge in [0.15, 0.2) is 17.3 Å². The molecule has 6 rings (SSSR count). The summed E-state index contributed by atoms with van der Waals surface area (Å²) >= 11 is 6.18. The second-order valence-corrected chi connectivity index (χ2v) is 13.2. The molecule has 22 heteroatoms. The van der Waals surface area contributed by atoms with E-state index >= 15 is 0 Å². The van der Waals surface area contributed by atoms with Crippen LogP contribution in [0.4, 0.5) is 33.2 Å². The van der Waals surface area contributed by atoms with Gasteiger partial charge >= 0.3 is 31.2 Å². The van der Waals surface area contributed by atoms with Gasteiger partial charge in [-0.15, -0.1) is 0 Å². The Balaban J connectivity index is 1.15. The van der Waals surface area contributed by atoms with E-state index < -0.39 is 106 Å². The first-order valence-corrected chi connectivity index (χ1v) is 17.0. The fourth-order valence-electron chi connectivity index (χ4n) is 6.61. The highest BCUT2D eigenvalue weighted by molar-refractivity contribution is 6.47. The van der Waals surface area contributed by atoms with Crippen LogP contribution in [-0.2, 0) is 11.2 Å². The molecule has 7 amide bonds. The van der Waals surface area contributed by atoms with E-state index in [-0.39, 0.29) is 62.4 Å². The summed E-state index contributed by atoms with van der Waals surface area (Å²) in [6, 6.07) is 0.766. The minimum atomic E-state index is -1.99. The van der Waals surface area contributed by atoms with E-state index in [0.29, 0.717) is 6.07 Å². The zero-order chi connectivity index (χ0) is 39.9. The topological polar surface area (TPSA) is 242 Å². The lowest BCUT2D eigenvalue weighted by atomic mass is 9.72. The Labute approximate surface area is 314 Å². The predicted octanol–water partition coefficient (Wildman–Crippen LogP) is 2.90. The van der Waals surface area contributed by atoms with Crippen molar-refractivity contribution < 1.29 is 67.2 Å². The van der Waals surface area contributed by atoms with E-state index in [2.05, 4.69) is 16.0 Å². The molecule has 3 aromatic carbocycles. The zero-order valence-corrected chi connectivity index (χ0v) is 29.0. The number of carboxylic acid groups (broad SMARTS) is 1. The van der Waals surface area contributed by atoms with Gasteiger partial charge in [-0.25, -0.2) is 37.2 Å². The molecule has 55 heavy (non-hydrogen) atoms. The Hall–Kier alpha value is -6.09. The van der Waals surface area contributed by atoms with Gasteiger partial charge in [-0.3, -0.25) is 4.79 Å². The summed E-state index contributed by atoms with van der Waals surface area (Å²) in [5.41, 5.74) is -1.56. The smallest absolute Gasteiger partial charge is 0.534 e. The molecule has 3 heterocycles. The fourth-order valence-corrected chi connectivity index (χ4v) is 6.86. The molecule has 0 spiro atoms. The highest BCUT2D eigenvalue weighted by Gasteiger charge is 2.43. The number of fused-ring (bicyclic) bond motifs is 1. The molecule has 290 valence electrons. The standard InChI is InChI=1S/C33H31BClF3N6O11/c35-24-17(13-20(38)26(46)27(24)47)25(29(48)40-22-11-14-1-3-19(37)23(30(49)50)28(14)55-34(22)54)41-32(52)44-10-9-43(33(44)53)15-5-7-42(8-6-15)31(51)39-21-12-16(45)2-4-18(21)36/h1-4,12-13,15,22,25,45-47,54H,5-11H2,(H,39,51)(H,40,48)(H,41,52)(H,49,50)/t22-,25?/m0/s1. The van der Waals surface area contributed by atoms with Crippen molar-refractivity contribution in [2.24, 2.45) is 0 Å². The third-order valence-electron chi connectivity index (χ3n) is 9.46. The third-order valence-corrected chi connectivity index (χ3v) is 9.86. The van der Waals surface area contributed by atoms with Gasteiger partial charge < -0.3 is 55.9 Å². The highest BCUT2D eigenvalue weighted by atomic mass is 35.5. The monoisotopic (exact) mass is 790 g/mol. The number of carbonyl (C=O) groups is 5. The maximum Gasteiger partial charge on any atom is 0.547 e. The van der Waals surface area contributed by atoms with Gasteiger partial charge in [-0.05, 0) is 49.1 Å². The van der Waals surface area contributed by atoms with E-state index in [1.165, 1.54) is 15.9 Å². The molecule has 3 aliphatic rings. The number of nitrogens with one attached hydrogen (secondary N) is 3. The summed E-state index contributed by atoms with van der Waals surface area (Å²) in [6.45, 7) is 0.177. The maximum atomic E-state index is 14.7. The molecule has 3 aliphatic heterocycles. The van der Waals surface area contributed by atoms with Crippen molar-refractivity contribution in [2.45, 2.75) is 37.3 Å². The molecule has 0 radical (unpaired) electrons. The quantitative estimate of drug-likeness (QED) is 0.128. The van der Waals surface area contributed by atoms with Gasteiger partial charge in [0.25, 0.3) is 0 Å². The van der Waals surface area contributed by atoms with Crippen LogP contribution in [-0.4, -0.2) is 115 Å². The van der Waals surface area contributed by atoms with Gasteiger partial charge in [0.1, 0.15) is 34.7 Å². The molecule has 17 nitrogen and oxygen atoms in total. The Kier molecular flexibility index (Phi) is 10.8. The van der Waals surface area contributed by atoms with Crippen molar-refractivity contribution in [1.82, 2.24) is 25.3 Å². The van der Waals surface area contributed by atoms with Crippen LogP contribution < -0.4 is 20.6 Å². The number of phenols is 3. The van der Waals surface area contributed by atoms with Crippen LogP contribution in [0, 0.1) is 17.5 Å². The number of carboxylic acids is 1. The number of anilines is 1. The van der Waals surface area contributed by atoms with Crippen molar-refractivity contribution in [3.63, 3.8) is 0 Å². The average molecular weight is 791 g/mol. The van der Waals surface area contributed by atoms with Crippen molar-refractivity contribution in [3.05, 3.63) is 75.6 Å². The highest BCUT2D eigenvalue weighted by Crippen LogP contribution is 2.41. The molecule has 3 aromatic rings. The summed E-state index contributed by atoms with van der Waals surface area (Å²) in [5, 5.41) is 56.1. The first-order chi connectivity index (χ1) is 26.0. The number of likely N-dealkylation sites (tertiary alicyclic amines) is 1. The molecule has 0 aromatic heterocycles. The summed E-state index contributed by atoms with van der Waals surface area (Å²) in [5.74, 6) is -10.7. The number of hydrogen-bond donors (Lipinski definition) is 8. The summed E-state index contributed by atoms with van der Waals surface area (Å²) in [6.07, 6.45) is 0.248. The number of aromatic carboxylic acids is 1. The molecule has 1 unspecified atom stereocenters. The van der Waals surface area contributed by atoms with Crippen LogP contribution in [0.1, 0.15) is 40.4 Å². The van der Waals surface area contributed by atoms with Crippen molar-refractivity contribution in [3.8, 4) is 23.0 Å². The molecular weight excluding hydrogens is 760 g/mol. The van der Waals surface area contributed by atoms with Crippen LogP contribution in [0.5, 0.6) is 23.0 Å². The number of phenolic OH excluding ortho intramolecular Hbond substituents is 3. The lowest BCUT2D eigenvalue weighted by molar-refractivity contribution is -0.123. The Morgan fingerprint density at radius 3 is 2.29 bits per heavy atom. The number of imide groups is 1. The van der Waals surface area contributed by atoms with Crippen molar-refractivity contribution in [2.75, 3.05) is 31.5 Å². The van der Waals surface area contributed by atoms with Gasteiger partial charge in [-0.1, -0.05) is 17.7 Å². The van der Waals surface area contributed by atoms with Crippen LogP contribution in [0.3, 0.4) is 0 Å². The lowest BCUT2D eigenvalue weighted by Crippen LogP contribution is -2.56. The number of nitrogens with zero attached hydrogens (tertiary/aromatic N) is 3. The number of rotatable bonds is 7. The fraction of sp³-hybridized carbons (Fsp3) is 0.303. The van der Waals surface area contributed by atoms with E-state index in [1.54, 1.807) is 0 Å². The Bertz CT molecular complexity index is 2090. The SMILES string of the molecule is O=C(O)c1c(F)ccc2c1OB(O)[C@@H](NC(=O)C(NC(=O)N1CCN(C3CCN(C(=O)Nc4cc(O)ccc4F)CC3)C1=O)c1cc(F)c(O)c(O)c1Cl)C2. The van der Waals surface area contributed by atoms with E-state index in [4.69, 9.17) is 16.3 Å². The molecule has 0 saturated carbocycles. The van der Waals surface area contributed by atoms with Crippen LogP contribution in [0.2, 0.25) is 5.02 Å². The predicted molar refractivity (Wildman–Crippen MR) is 184 cm³/mol. The zero-order valence-electron chi connectivity index (χ0n) is 28.3. The first-order valence-electron chi connectivity index (χ1n) is 16.6. The van der Waals surface area contributed by atoms with Gasteiger partial charge in [0, 0.05) is 43.9 Å². The second-order valence-electron chi connectivity index (χ2n) is 12.8.